The summed E-state index contributed by atoms with van der Waals surface area (Å²) in [6.45, 7) is 1.84. The number of nitrogens with zero attached hydrogens (tertiary/aromatic N) is 1. The molecule has 2 aromatic carbocycles. The Labute approximate surface area is 149 Å². The van der Waals surface area contributed by atoms with Crippen molar-refractivity contribution < 1.29 is 14.0 Å². The lowest BCUT2D eigenvalue weighted by atomic mass is 9.93. The Morgan fingerprint density at radius 3 is 2.62 bits per heavy atom. The third-order valence-corrected chi connectivity index (χ3v) is 5.24. The minimum Gasteiger partial charge on any atom is -0.369 e. The van der Waals surface area contributed by atoms with Crippen molar-refractivity contribution in [2.45, 2.75) is 25.2 Å². The van der Waals surface area contributed by atoms with E-state index in [1.165, 1.54) is 6.07 Å². The number of primary amides is 1. The van der Waals surface area contributed by atoms with E-state index in [4.69, 9.17) is 5.73 Å². The summed E-state index contributed by atoms with van der Waals surface area (Å²) in [5.41, 5.74) is 7.81. The molecule has 0 saturated heterocycles. The molecule has 26 heavy (non-hydrogen) atoms. The van der Waals surface area contributed by atoms with Crippen LogP contribution in [-0.4, -0.2) is 17.2 Å². The van der Waals surface area contributed by atoms with Crippen LogP contribution in [0.4, 0.5) is 4.39 Å². The van der Waals surface area contributed by atoms with E-state index in [9.17, 15) is 14.0 Å². The molecule has 0 radical (unpaired) electrons. The number of aryl methyl sites for hydroxylation is 1. The molecular weight excluding hydrogens is 331 g/mol. The van der Waals surface area contributed by atoms with Gasteiger partial charge >= 0.3 is 0 Å². The number of hydrogen-bond donors (Lipinski definition) is 1. The van der Waals surface area contributed by atoms with Gasteiger partial charge in [-0.2, -0.15) is 0 Å². The van der Waals surface area contributed by atoms with E-state index in [0.717, 1.165) is 34.7 Å². The second kappa shape index (κ2) is 5.73. The Bertz CT molecular complexity index is 1070. The third-order valence-electron chi connectivity index (χ3n) is 5.24. The second-order valence-corrected chi connectivity index (χ2v) is 6.85. The highest BCUT2D eigenvalue weighted by molar-refractivity contribution is 5.95. The summed E-state index contributed by atoms with van der Waals surface area (Å²) >= 11 is 0. The van der Waals surface area contributed by atoms with Gasteiger partial charge in [0.05, 0.1) is 16.7 Å². The van der Waals surface area contributed by atoms with E-state index in [2.05, 4.69) is 4.98 Å². The van der Waals surface area contributed by atoms with E-state index in [1.807, 2.05) is 31.2 Å². The molecule has 1 heterocycles. The van der Waals surface area contributed by atoms with Gasteiger partial charge in [-0.1, -0.05) is 18.2 Å². The van der Waals surface area contributed by atoms with Crippen molar-refractivity contribution in [2.24, 2.45) is 5.73 Å². The Morgan fingerprint density at radius 2 is 1.96 bits per heavy atom. The lowest BCUT2D eigenvalue weighted by Crippen LogP contribution is -2.29. The molecule has 0 atom stereocenters. The van der Waals surface area contributed by atoms with Crippen LogP contribution in [0, 0.1) is 12.7 Å². The summed E-state index contributed by atoms with van der Waals surface area (Å²) < 4.78 is 14.0. The molecule has 0 spiro atoms. The molecule has 130 valence electrons. The summed E-state index contributed by atoms with van der Waals surface area (Å²) in [6, 6.07) is 10.5. The molecule has 4 rings (SSSR count). The zero-order chi connectivity index (χ0) is 18.5. The van der Waals surface area contributed by atoms with Crippen LogP contribution in [0.2, 0.25) is 0 Å². The Morgan fingerprint density at radius 1 is 1.19 bits per heavy atom. The first-order valence-electron chi connectivity index (χ1n) is 8.41. The first-order chi connectivity index (χ1) is 12.5. The normalized spacial score (nSPS) is 15.0. The molecule has 4 nitrogen and oxygen atoms in total. The summed E-state index contributed by atoms with van der Waals surface area (Å²) in [6.07, 6.45) is 3.70. The lowest BCUT2D eigenvalue weighted by Gasteiger charge is -2.13. The van der Waals surface area contributed by atoms with E-state index in [-0.39, 0.29) is 11.5 Å². The minimum atomic E-state index is -0.628. The largest absolute Gasteiger partial charge is 0.369 e. The molecule has 5 heteroatoms. The molecule has 1 aliphatic rings. The number of carbonyl (C=O) groups is 2. The van der Waals surface area contributed by atoms with Gasteiger partial charge in [0, 0.05) is 11.6 Å². The number of carbonyl (C=O) groups excluding carboxylic acids is 2. The van der Waals surface area contributed by atoms with E-state index < -0.39 is 11.2 Å². The van der Waals surface area contributed by atoms with Crippen LogP contribution in [0.3, 0.4) is 0 Å². The standard InChI is InChI=1S/C21H17FN2O2/c1-12-2-5-17(22)16(11-25)19(12)14-4-3-13-9-18(24-10-15(13)8-14)21(6-7-21)20(23)26/h2-5,8-11H,6-7H2,1H3,(H2,23,26). The maximum atomic E-state index is 14.0. The summed E-state index contributed by atoms with van der Waals surface area (Å²) in [7, 11) is 0. The monoisotopic (exact) mass is 348 g/mol. The van der Waals surface area contributed by atoms with Crippen LogP contribution in [0.5, 0.6) is 0 Å². The number of nitrogens with two attached hydrogens (primary N) is 1. The fourth-order valence-electron chi connectivity index (χ4n) is 3.51. The minimum absolute atomic E-state index is 0.0552. The number of aromatic nitrogens is 1. The number of aldehydes is 1. The highest BCUT2D eigenvalue weighted by Crippen LogP contribution is 2.47. The number of amides is 1. The quantitative estimate of drug-likeness (QED) is 0.731. The summed E-state index contributed by atoms with van der Waals surface area (Å²) in [5.74, 6) is -0.877. The van der Waals surface area contributed by atoms with Gasteiger partial charge in [-0.15, -0.1) is 0 Å². The molecule has 1 fully saturated rings. The van der Waals surface area contributed by atoms with Crippen molar-refractivity contribution in [3.8, 4) is 11.1 Å². The van der Waals surface area contributed by atoms with Gasteiger partial charge in [0.15, 0.2) is 6.29 Å². The maximum Gasteiger partial charge on any atom is 0.229 e. The van der Waals surface area contributed by atoms with Gasteiger partial charge in [0.1, 0.15) is 5.82 Å². The van der Waals surface area contributed by atoms with Gasteiger partial charge in [0.25, 0.3) is 0 Å². The first-order valence-corrected chi connectivity index (χ1v) is 8.41. The van der Waals surface area contributed by atoms with Gasteiger partial charge in [0.2, 0.25) is 5.91 Å². The van der Waals surface area contributed by atoms with Gasteiger partial charge in [-0.3, -0.25) is 14.6 Å². The molecule has 1 aromatic heterocycles. The molecular formula is C21H17FN2O2. The fraction of sp³-hybridized carbons (Fsp3) is 0.190. The van der Waals surface area contributed by atoms with Crippen LogP contribution in [0.15, 0.2) is 42.6 Å². The number of benzene rings is 2. The summed E-state index contributed by atoms with van der Waals surface area (Å²) in [5, 5.41) is 1.78. The number of fused-ring (bicyclic) bond motifs is 1. The molecule has 1 aliphatic carbocycles. The van der Waals surface area contributed by atoms with Crippen LogP contribution in [-0.2, 0) is 10.2 Å². The Hall–Kier alpha value is -3.08. The molecule has 0 aliphatic heterocycles. The van der Waals surface area contributed by atoms with Crippen LogP contribution in [0.1, 0.15) is 34.5 Å². The predicted molar refractivity (Wildman–Crippen MR) is 97.4 cm³/mol. The van der Waals surface area contributed by atoms with Gasteiger partial charge in [-0.25, -0.2) is 4.39 Å². The number of hydrogen-bond acceptors (Lipinski definition) is 3. The van der Waals surface area contributed by atoms with Gasteiger partial charge in [-0.05, 0) is 60.0 Å². The first kappa shape index (κ1) is 16.4. The molecule has 0 bridgehead atoms. The zero-order valence-electron chi connectivity index (χ0n) is 14.3. The average Bonchev–Trinajstić information content (AvgIpc) is 3.44. The molecule has 2 N–H and O–H groups in total. The van der Waals surface area contributed by atoms with Crippen LogP contribution >= 0.6 is 0 Å². The topological polar surface area (TPSA) is 73.1 Å². The summed E-state index contributed by atoms with van der Waals surface area (Å²) in [4.78, 5) is 27.5. The van der Waals surface area contributed by atoms with Crippen molar-refractivity contribution in [1.82, 2.24) is 4.98 Å². The molecule has 3 aromatic rings. The molecule has 1 amide bonds. The smallest absolute Gasteiger partial charge is 0.229 e. The SMILES string of the molecule is Cc1ccc(F)c(C=O)c1-c1ccc2cc(C3(C(N)=O)CC3)ncc2c1. The number of pyridine rings is 1. The van der Waals surface area contributed by atoms with Gasteiger partial charge < -0.3 is 5.73 Å². The molecule has 0 unspecified atom stereocenters. The zero-order valence-corrected chi connectivity index (χ0v) is 14.3. The number of rotatable bonds is 4. The number of halogens is 1. The molecule has 1 saturated carbocycles. The average molecular weight is 348 g/mol. The Kier molecular flexibility index (Phi) is 3.61. The van der Waals surface area contributed by atoms with Crippen LogP contribution < -0.4 is 5.73 Å². The lowest BCUT2D eigenvalue weighted by molar-refractivity contribution is -0.120. The third kappa shape index (κ3) is 2.39. The fourth-order valence-corrected chi connectivity index (χ4v) is 3.51. The van der Waals surface area contributed by atoms with Crippen molar-refractivity contribution in [1.29, 1.82) is 0 Å². The van der Waals surface area contributed by atoms with Crippen molar-refractivity contribution in [2.75, 3.05) is 0 Å². The predicted octanol–water partition coefficient (Wildman–Crippen LogP) is 3.68. The van der Waals surface area contributed by atoms with E-state index >= 15 is 0 Å². The van der Waals surface area contributed by atoms with E-state index in [0.29, 0.717) is 17.5 Å². The second-order valence-electron chi connectivity index (χ2n) is 6.85. The van der Waals surface area contributed by atoms with Crippen molar-refractivity contribution in [3.05, 3.63) is 65.2 Å². The van der Waals surface area contributed by atoms with Crippen molar-refractivity contribution in [3.63, 3.8) is 0 Å². The highest BCUT2D eigenvalue weighted by atomic mass is 19.1. The Balaban J connectivity index is 1.85. The maximum absolute atomic E-state index is 14.0. The van der Waals surface area contributed by atoms with Crippen molar-refractivity contribution >= 4 is 23.0 Å². The van der Waals surface area contributed by atoms with E-state index in [1.54, 1.807) is 12.3 Å². The van der Waals surface area contributed by atoms with Crippen LogP contribution in [0.25, 0.3) is 21.9 Å². The highest BCUT2D eigenvalue weighted by Gasteiger charge is 2.51.